The predicted molar refractivity (Wildman–Crippen MR) is 125 cm³/mol. The lowest BCUT2D eigenvalue weighted by atomic mass is 10.2. The third kappa shape index (κ3) is 5.91. The van der Waals surface area contributed by atoms with Gasteiger partial charge in [-0.3, -0.25) is 14.4 Å². The van der Waals surface area contributed by atoms with Gasteiger partial charge in [-0.1, -0.05) is 17.7 Å². The average molecular weight is 490 g/mol. The molecule has 1 aliphatic heterocycles. The van der Waals surface area contributed by atoms with Crippen LogP contribution in [0.5, 0.6) is 5.75 Å². The minimum Gasteiger partial charge on any atom is -0.495 e. The van der Waals surface area contributed by atoms with E-state index < -0.39 is 34.5 Å². The van der Waals surface area contributed by atoms with E-state index in [9.17, 15) is 22.8 Å². The summed E-state index contributed by atoms with van der Waals surface area (Å²) in [5.74, 6) is -1.36. The van der Waals surface area contributed by atoms with E-state index in [-0.39, 0.29) is 23.0 Å². The highest BCUT2D eigenvalue weighted by Crippen LogP contribution is 2.29. The molecule has 0 aromatic heterocycles. The molecule has 1 aliphatic rings. The topological polar surface area (TPSA) is 131 Å². The van der Waals surface area contributed by atoms with E-state index in [2.05, 4.69) is 10.6 Å². The Morgan fingerprint density at radius 1 is 1.09 bits per heavy atom. The van der Waals surface area contributed by atoms with Gasteiger partial charge >= 0.3 is 5.97 Å². The van der Waals surface area contributed by atoms with Crippen molar-refractivity contribution in [1.82, 2.24) is 4.31 Å². The first-order valence-corrected chi connectivity index (χ1v) is 12.1. The van der Waals surface area contributed by atoms with Gasteiger partial charge in [-0.2, -0.15) is 4.31 Å². The van der Waals surface area contributed by atoms with Crippen molar-refractivity contribution in [3.05, 3.63) is 48.0 Å². The molecule has 3 rings (SSSR count). The maximum Gasteiger partial charge on any atom is 0.324 e. The van der Waals surface area contributed by atoms with Crippen LogP contribution in [0.15, 0.2) is 47.4 Å². The van der Waals surface area contributed by atoms with Crippen LogP contribution in [0.25, 0.3) is 0 Å². The Morgan fingerprint density at radius 2 is 1.79 bits per heavy atom. The quantitative estimate of drug-likeness (QED) is 0.544. The summed E-state index contributed by atoms with van der Waals surface area (Å²) >= 11 is 0. The van der Waals surface area contributed by atoms with Crippen LogP contribution in [0.2, 0.25) is 0 Å². The number of carbonyl (C=O) groups is 3. The number of benzene rings is 2. The van der Waals surface area contributed by atoms with E-state index in [1.54, 1.807) is 24.3 Å². The van der Waals surface area contributed by atoms with E-state index in [1.165, 1.54) is 32.2 Å². The molecule has 10 nitrogen and oxygen atoms in total. The molecule has 2 N–H and O–H groups in total. The fourth-order valence-corrected chi connectivity index (χ4v) is 5.26. The first kappa shape index (κ1) is 25.2. The Kier molecular flexibility index (Phi) is 7.90. The van der Waals surface area contributed by atoms with E-state index in [0.29, 0.717) is 24.3 Å². The maximum atomic E-state index is 13.0. The molecule has 2 aromatic carbocycles. The van der Waals surface area contributed by atoms with Gasteiger partial charge < -0.3 is 20.1 Å². The summed E-state index contributed by atoms with van der Waals surface area (Å²) in [5, 5.41) is 5.17. The summed E-state index contributed by atoms with van der Waals surface area (Å²) in [6, 6.07) is 10.1. The van der Waals surface area contributed by atoms with Crippen LogP contribution < -0.4 is 15.4 Å². The van der Waals surface area contributed by atoms with Gasteiger partial charge in [0.05, 0.1) is 17.7 Å². The van der Waals surface area contributed by atoms with Crippen molar-refractivity contribution >= 4 is 39.2 Å². The summed E-state index contributed by atoms with van der Waals surface area (Å²) in [6.07, 6.45) is 0.808. The number of aryl methyl sites for hydroxylation is 1. The standard InChI is InChI=1S/C23H27N3O7S/c1-15-6-9-18(10-7-15)34(30,31)26-12-4-5-20(26)23(29)33-14-22(28)25-19-13-17(24-16(2)27)8-11-21(19)32-3/h6-11,13,20H,4-5,12,14H2,1-3H3,(H,24,27)(H,25,28)/t20-/m0/s1. The highest BCUT2D eigenvalue weighted by molar-refractivity contribution is 7.89. The first-order valence-electron chi connectivity index (χ1n) is 10.6. The zero-order valence-electron chi connectivity index (χ0n) is 19.2. The van der Waals surface area contributed by atoms with Crippen LogP contribution in [-0.4, -0.2) is 56.8 Å². The molecule has 1 heterocycles. The first-order chi connectivity index (χ1) is 16.1. The Hall–Kier alpha value is -3.44. The number of rotatable bonds is 8. The van der Waals surface area contributed by atoms with Crippen LogP contribution in [0.1, 0.15) is 25.3 Å². The number of anilines is 2. The summed E-state index contributed by atoms with van der Waals surface area (Å²) in [5.41, 5.74) is 1.64. The van der Waals surface area contributed by atoms with Crippen LogP contribution in [-0.2, 0) is 29.1 Å². The Morgan fingerprint density at radius 3 is 2.44 bits per heavy atom. The van der Waals surface area contributed by atoms with E-state index in [0.717, 1.165) is 9.87 Å². The normalized spacial score (nSPS) is 16.0. The van der Waals surface area contributed by atoms with E-state index >= 15 is 0 Å². The lowest BCUT2D eigenvalue weighted by molar-refractivity contribution is -0.150. The molecule has 0 saturated carbocycles. The van der Waals surface area contributed by atoms with Crippen molar-refractivity contribution in [2.45, 2.75) is 37.6 Å². The average Bonchev–Trinajstić information content (AvgIpc) is 3.29. The molecule has 1 saturated heterocycles. The van der Waals surface area contributed by atoms with Crippen molar-refractivity contribution < 1.29 is 32.3 Å². The maximum absolute atomic E-state index is 13.0. The van der Waals surface area contributed by atoms with Crippen LogP contribution >= 0.6 is 0 Å². The molecule has 34 heavy (non-hydrogen) atoms. The van der Waals surface area contributed by atoms with Crippen molar-refractivity contribution in [2.75, 3.05) is 30.9 Å². The third-order valence-electron chi connectivity index (χ3n) is 5.24. The molecule has 0 bridgehead atoms. The Balaban J connectivity index is 1.64. The second-order valence-corrected chi connectivity index (χ2v) is 9.73. The summed E-state index contributed by atoms with van der Waals surface area (Å²) in [6.45, 7) is 2.78. The van der Waals surface area contributed by atoms with E-state index in [1.807, 2.05) is 6.92 Å². The van der Waals surface area contributed by atoms with Gasteiger partial charge in [0.1, 0.15) is 11.8 Å². The zero-order chi connectivity index (χ0) is 24.9. The molecule has 1 fully saturated rings. The van der Waals surface area contributed by atoms with Gasteiger partial charge in [0.15, 0.2) is 6.61 Å². The largest absolute Gasteiger partial charge is 0.495 e. The molecule has 0 unspecified atom stereocenters. The highest BCUT2D eigenvalue weighted by atomic mass is 32.2. The molecule has 0 aliphatic carbocycles. The summed E-state index contributed by atoms with van der Waals surface area (Å²) < 4.78 is 37.5. The lowest BCUT2D eigenvalue weighted by Gasteiger charge is -2.22. The number of hydrogen-bond acceptors (Lipinski definition) is 7. The summed E-state index contributed by atoms with van der Waals surface area (Å²) in [4.78, 5) is 36.4. The fraction of sp³-hybridized carbons (Fsp3) is 0.348. The van der Waals surface area contributed by atoms with Crippen molar-refractivity contribution in [2.24, 2.45) is 0 Å². The molecular weight excluding hydrogens is 462 g/mol. The third-order valence-corrected chi connectivity index (χ3v) is 7.17. The van der Waals surface area contributed by atoms with Crippen LogP contribution in [0.3, 0.4) is 0 Å². The van der Waals surface area contributed by atoms with Crippen LogP contribution in [0.4, 0.5) is 11.4 Å². The molecule has 11 heteroatoms. The monoisotopic (exact) mass is 489 g/mol. The number of nitrogens with one attached hydrogen (secondary N) is 2. The van der Waals surface area contributed by atoms with Gasteiger partial charge in [-0.15, -0.1) is 0 Å². The summed E-state index contributed by atoms with van der Waals surface area (Å²) in [7, 11) is -2.46. The number of esters is 1. The van der Waals surface area contributed by atoms with Crippen LogP contribution in [0, 0.1) is 6.92 Å². The SMILES string of the molecule is COc1ccc(NC(C)=O)cc1NC(=O)COC(=O)[C@@H]1CCCN1S(=O)(=O)c1ccc(C)cc1. The van der Waals surface area contributed by atoms with Crippen molar-refractivity contribution in [3.63, 3.8) is 0 Å². The number of sulfonamides is 1. The zero-order valence-corrected chi connectivity index (χ0v) is 20.0. The second kappa shape index (κ2) is 10.7. The number of hydrogen-bond donors (Lipinski definition) is 2. The smallest absolute Gasteiger partial charge is 0.324 e. The molecular formula is C23H27N3O7S. The van der Waals surface area contributed by atoms with Crippen molar-refractivity contribution in [3.8, 4) is 5.75 Å². The number of amides is 2. The van der Waals surface area contributed by atoms with Gasteiger partial charge in [0, 0.05) is 19.2 Å². The predicted octanol–water partition coefficient (Wildman–Crippen LogP) is 2.30. The molecule has 2 amide bonds. The Bertz CT molecular complexity index is 1180. The minimum atomic E-state index is -3.88. The minimum absolute atomic E-state index is 0.0988. The Labute approximate surface area is 198 Å². The van der Waals surface area contributed by atoms with Gasteiger partial charge in [-0.05, 0) is 50.1 Å². The molecule has 182 valence electrons. The number of carbonyl (C=O) groups excluding carboxylic acids is 3. The molecule has 0 radical (unpaired) electrons. The van der Waals surface area contributed by atoms with Gasteiger partial charge in [-0.25, -0.2) is 8.42 Å². The lowest BCUT2D eigenvalue weighted by Crippen LogP contribution is -2.42. The number of methoxy groups -OCH3 is 1. The molecule has 0 spiro atoms. The van der Waals surface area contributed by atoms with Gasteiger partial charge in [0.25, 0.3) is 5.91 Å². The number of ether oxygens (including phenoxy) is 2. The van der Waals surface area contributed by atoms with Gasteiger partial charge in [0.2, 0.25) is 15.9 Å². The number of nitrogens with zero attached hydrogens (tertiary/aromatic N) is 1. The molecule has 2 aromatic rings. The van der Waals surface area contributed by atoms with Crippen molar-refractivity contribution in [1.29, 1.82) is 0 Å². The second-order valence-electron chi connectivity index (χ2n) is 7.84. The van der Waals surface area contributed by atoms with E-state index in [4.69, 9.17) is 9.47 Å². The highest BCUT2D eigenvalue weighted by Gasteiger charge is 2.40. The fourth-order valence-electron chi connectivity index (χ4n) is 3.61. The molecule has 1 atom stereocenters.